The number of esters is 1. The van der Waals surface area contributed by atoms with E-state index in [9.17, 15) is 9.90 Å². The van der Waals surface area contributed by atoms with Gasteiger partial charge in [0.2, 0.25) is 0 Å². The van der Waals surface area contributed by atoms with Crippen molar-refractivity contribution in [2.24, 2.45) is 0 Å². The van der Waals surface area contributed by atoms with E-state index in [1.807, 2.05) is 25.1 Å². The summed E-state index contributed by atoms with van der Waals surface area (Å²) in [6.45, 7) is 4.08. The van der Waals surface area contributed by atoms with Gasteiger partial charge in [-0.3, -0.25) is 0 Å². The summed E-state index contributed by atoms with van der Waals surface area (Å²) >= 11 is 0.0833. The van der Waals surface area contributed by atoms with Crippen LogP contribution in [0.4, 0.5) is 0 Å². The molecule has 0 spiro atoms. The van der Waals surface area contributed by atoms with Crippen LogP contribution >= 0.6 is 0 Å². The van der Waals surface area contributed by atoms with E-state index in [0.29, 0.717) is 5.56 Å². The van der Waals surface area contributed by atoms with Gasteiger partial charge >= 0.3 is 156 Å². The molecule has 25 heavy (non-hydrogen) atoms. The number of aryl methyl sites for hydroxylation is 1. The Kier molecular flexibility index (Phi) is 7.54. The predicted octanol–water partition coefficient (Wildman–Crippen LogP) is 3.27. The molecule has 0 aliphatic heterocycles. The minimum absolute atomic E-state index is 0.0833. The molecule has 0 radical (unpaired) electrons. The van der Waals surface area contributed by atoms with E-state index in [1.54, 1.807) is 0 Å². The summed E-state index contributed by atoms with van der Waals surface area (Å²) in [5.74, 6) is -0.371. The summed E-state index contributed by atoms with van der Waals surface area (Å²) in [5, 5.41) is 10.6. The number of hydrogen-bond donors (Lipinski definition) is 1. The van der Waals surface area contributed by atoms with Crippen LogP contribution in [0, 0.1) is 6.92 Å². The van der Waals surface area contributed by atoms with Crippen molar-refractivity contribution < 1.29 is 14.6 Å². The normalized spacial score (nSPS) is 10.7. The third kappa shape index (κ3) is 5.10. The predicted molar refractivity (Wildman–Crippen MR) is 103 cm³/mol. The van der Waals surface area contributed by atoms with Gasteiger partial charge < -0.3 is 0 Å². The molecule has 0 amide bonds. The second-order valence-electron chi connectivity index (χ2n) is 6.10. The van der Waals surface area contributed by atoms with Gasteiger partial charge in [0, 0.05) is 0 Å². The molecule has 2 rings (SSSR count). The molecule has 0 atom stereocenters. The molecule has 2 aromatic carbocycles. The van der Waals surface area contributed by atoms with E-state index in [0.717, 1.165) is 34.9 Å². The fourth-order valence-electron chi connectivity index (χ4n) is 2.80. The molecule has 3 nitrogen and oxygen atoms in total. The Labute approximate surface area is 156 Å². The van der Waals surface area contributed by atoms with E-state index < -0.39 is 5.97 Å². The fraction of sp³-hybridized carbons (Fsp3) is 0.381. The van der Waals surface area contributed by atoms with E-state index in [4.69, 9.17) is 4.74 Å². The summed E-state index contributed by atoms with van der Waals surface area (Å²) in [5.41, 5.74) is 2.00. The van der Waals surface area contributed by atoms with Gasteiger partial charge in [-0.1, -0.05) is 0 Å². The van der Waals surface area contributed by atoms with Crippen molar-refractivity contribution in [3.63, 3.8) is 0 Å². The monoisotopic (exact) mass is 406 g/mol. The number of methoxy groups -OCH3 is 1. The van der Waals surface area contributed by atoms with Crippen LogP contribution in [0.25, 0.3) is 0 Å². The van der Waals surface area contributed by atoms with Crippen molar-refractivity contribution in [2.75, 3.05) is 7.11 Å². The molecule has 0 heterocycles. The first-order chi connectivity index (χ1) is 12.1. The maximum absolute atomic E-state index is 12.2. The Morgan fingerprint density at radius 3 is 2.52 bits per heavy atom. The standard InChI is InChI=1S/C21H26O3Se/c1-4-5-6-8-11-16-14-18(25-17-12-9-7-10-13-17)15(2)19(20(16)22)21(23)24-3/h7,9-10,12-14,22H,4-6,8,11H2,1-3H3. The molecule has 0 bridgehead atoms. The quantitative estimate of drug-likeness (QED) is 0.417. The van der Waals surface area contributed by atoms with Gasteiger partial charge in [0.05, 0.1) is 0 Å². The number of carbonyl (C=O) groups is 1. The number of phenolic OH excluding ortho intramolecular Hbond substituents is 1. The first-order valence-electron chi connectivity index (χ1n) is 8.75. The van der Waals surface area contributed by atoms with Crippen molar-refractivity contribution in [3.8, 4) is 5.75 Å². The maximum atomic E-state index is 12.2. The Bertz CT molecular complexity index is 711. The molecule has 0 aliphatic rings. The summed E-state index contributed by atoms with van der Waals surface area (Å²) in [6, 6.07) is 12.3. The summed E-state index contributed by atoms with van der Waals surface area (Å²) < 4.78 is 7.28. The average molecular weight is 405 g/mol. The Morgan fingerprint density at radius 1 is 1.16 bits per heavy atom. The zero-order chi connectivity index (χ0) is 18.2. The zero-order valence-corrected chi connectivity index (χ0v) is 16.9. The summed E-state index contributed by atoms with van der Waals surface area (Å²) in [7, 11) is 1.36. The number of carbonyl (C=O) groups excluding carboxylic acids is 1. The van der Waals surface area contributed by atoms with Crippen LogP contribution in [0.2, 0.25) is 0 Å². The van der Waals surface area contributed by atoms with Crippen molar-refractivity contribution >= 4 is 29.8 Å². The van der Waals surface area contributed by atoms with Gasteiger partial charge in [-0.15, -0.1) is 0 Å². The molecule has 0 saturated carbocycles. The molecule has 4 heteroatoms. The summed E-state index contributed by atoms with van der Waals surface area (Å²) in [4.78, 5) is 12.2. The Hall–Kier alpha value is -1.77. The second-order valence-corrected chi connectivity index (χ2v) is 8.44. The van der Waals surface area contributed by atoms with Gasteiger partial charge in [0.1, 0.15) is 0 Å². The topological polar surface area (TPSA) is 46.5 Å². The van der Waals surface area contributed by atoms with E-state index in [2.05, 4.69) is 25.1 Å². The fourth-order valence-corrected chi connectivity index (χ4v) is 4.91. The van der Waals surface area contributed by atoms with Crippen LogP contribution in [0.5, 0.6) is 5.75 Å². The molecule has 134 valence electrons. The van der Waals surface area contributed by atoms with Crippen molar-refractivity contribution in [1.82, 2.24) is 0 Å². The SMILES string of the molecule is CCCCCCc1cc([Se]c2ccccc2)c(C)c(C(=O)OC)c1O. The van der Waals surface area contributed by atoms with Crippen molar-refractivity contribution in [2.45, 2.75) is 46.0 Å². The third-order valence-corrected chi connectivity index (χ3v) is 6.67. The second kappa shape index (κ2) is 9.64. The first-order valence-corrected chi connectivity index (χ1v) is 10.5. The molecule has 0 saturated heterocycles. The van der Waals surface area contributed by atoms with Crippen LogP contribution < -0.4 is 8.92 Å². The molecule has 2 aromatic rings. The average Bonchev–Trinajstić information content (AvgIpc) is 2.63. The van der Waals surface area contributed by atoms with Gasteiger partial charge in [-0.05, 0) is 0 Å². The van der Waals surface area contributed by atoms with Crippen LogP contribution in [0.3, 0.4) is 0 Å². The van der Waals surface area contributed by atoms with Crippen LogP contribution in [-0.2, 0) is 11.2 Å². The van der Waals surface area contributed by atoms with Gasteiger partial charge in [-0.25, -0.2) is 0 Å². The van der Waals surface area contributed by atoms with Crippen LogP contribution in [0.15, 0.2) is 36.4 Å². The van der Waals surface area contributed by atoms with Gasteiger partial charge in [-0.2, -0.15) is 0 Å². The molecule has 0 unspecified atom stereocenters. The number of phenols is 1. The molecule has 1 N–H and O–H groups in total. The van der Waals surface area contributed by atoms with E-state index >= 15 is 0 Å². The third-order valence-electron chi connectivity index (χ3n) is 4.25. The Morgan fingerprint density at radius 2 is 1.88 bits per heavy atom. The first kappa shape index (κ1) is 19.6. The zero-order valence-electron chi connectivity index (χ0n) is 15.2. The van der Waals surface area contributed by atoms with Crippen LogP contribution in [-0.4, -0.2) is 33.1 Å². The molecular formula is C21H26O3Se. The number of unbranched alkanes of at least 4 members (excludes halogenated alkanes) is 3. The van der Waals surface area contributed by atoms with Crippen molar-refractivity contribution in [1.29, 1.82) is 0 Å². The number of aromatic hydroxyl groups is 1. The summed E-state index contributed by atoms with van der Waals surface area (Å²) in [6.07, 6.45) is 5.31. The van der Waals surface area contributed by atoms with Gasteiger partial charge in [0.25, 0.3) is 0 Å². The molecule has 0 aromatic heterocycles. The van der Waals surface area contributed by atoms with Crippen molar-refractivity contribution in [3.05, 3.63) is 53.1 Å². The van der Waals surface area contributed by atoms with E-state index in [1.165, 1.54) is 24.4 Å². The number of rotatable bonds is 8. The minimum atomic E-state index is -0.462. The number of hydrogen-bond acceptors (Lipinski definition) is 3. The molecule has 0 aliphatic carbocycles. The van der Waals surface area contributed by atoms with Gasteiger partial charge in [0.15, 0.2) is 0 Å². The number of ether oxygens (including phenoxy) is 1. The van der Waals surface area contributed by atoms with E-state index in [-0.39, 0.29) is 20.7 Å². The Balaban J connectivity index is 2.38. The van der Waals surface area contributed by atoms with Crippen LogP contribution in [0.1, 0.15) is 54.1 Å². The molecule has 0 fully saturated rings. The molecular weight excluding hydrogens is 379 g/mol. The number of benzene rings is 2.